The second-order valence-corrected chi connectivity index (χ2v) is 10.9. The molecule has 1 aromatic rings. The Balaban J connectivity index is 1.87. The Morgan fingerprint density at radius 1 is 0.958 bits per heavy atom. The maximum atomic E-state index is 13.0. The molecule has 0 radical (unpaired) electrons. The molecular formula is C31H36N2O15. The van der Waals surface area contributed by atoms with E-state index in [1.807, 2.05) is 0 Å². The molecule has 2 aliphatic heterocycles. The number of carboxylic acids is 2. The summed E-state index contributed by atoms with van der Waals surface area (Å²) in [7, 11) is 0. The van der Waals surface area contributed by atoms with Crippen LogP contribution in [0.4, 0.5) is 10.5 Å². The molecule has 1 aromatic carbocycles. The SMILES string of the molecule is C#C[C@@]1(OC(C)=O)[C@@H](COC(Cc2ccc(N3CCCN(CCOC(C)=O)C3=O)cc2)(C(=O)O)C(=O)O)OC(OC(C)=O)[C@@H]1OC(C)=O. The third-order valence-electron chi connectivity index (χ3n) is 7.41. The lowest BCUT2D eigenvalue weighted by Crippen LogP contribution is -2.57. The van der Waals surface area contributed by atoms with Crippen molar-refractivity contribution in [1.29, 1.82) is 0 Å². The fourth-order valence-corrected chi connectivity index (χ4v) is 5.27. The quantitative estimate of drug-likeness (QED) is 0.119. The maximum absolute atomic E-state index is 13.0. The van der Waals surface area contributed by atoms with Crippen molar-refractivity contribution in [3.63, 3.8) is 0 Å². The number of carbonyl (C=O) groups is 7. The van der Waals surface area contributed by atoms with Crippen LogP contribution in [0.1, 0.15) is 39.7 Å². The number of rotatable bonds is 14. The van der Waals surface area contributed by atoms with Crippen molar-refractivity contribution in [2.24, 2.45) is 0 Å². The number of benzene rings is 1. The molecule has 2 N–H and O–H groups in total. The van der Waals surface area contributed by atoms with Crippen LogP contribution < -0.4 is 4.90 Å². The first-order valence-electron chi connectivity index (χ1n) is 14.6. The average Bonchev–Trinajstić information content (AvgIpc) is 3.26. The van der Waals surface area contributed by atoms with Crippen molar-refractivity contribution in [3.8, 4) is 12.3 Å². The van der Waals surface area contributed by atoms with Crippen molar-refractivity contribution >= 4 is 47.5 Å². The van der Waals surface area contributed by atoms with Crippen LogP contribution in [-0.2, 0) is 63.6 Å². The molecule has 2 aliphatic rings. The standard InChI is InChI=1S/C31H36N2O15/c1-6-30(48-21(5)37)24(47-26(46-20(4)36)25(30)45-19(3)35)17-44-31(27(38)39,28(40)41)16-22-8-10-23(11-9-22)33-13-7-12-32(29(33)42)14-15-43-18(2)34/h1,8-11,24-26H,7,12-17H2,2-5H3,(H,38,39)(H,40,41)/t24-,25+,26?,30-/m1/s1. The van der Waals surface area contributed by atoms with E-state index < -0.39 is 78.5 Å². The number of anilines is 1. The van der Waals surface area contributed by atoms with Crippen LogP contribution in [-0.4, -0.2) is 120 Å². The van der Waals surface area contributed by atoms with Gasteiger partial charge < -0.3 is 43.5 Å². The summed E-state index contributed by atoms with van der Waals surface area (Å²) in [6.45, 7) is 4.35. The number of aliphatic carboxylic acids is 2. The minimum absolute atomic E-state index is 0.0321. The van der Waals surface area contributed by atoms with Gasteiger partial charge in [-0.2, -0.15) is 0 Å². The Bertz CT molecular complexity index is 1450. The molecule has 0 spiro atoms. The molecule has 0 bridgehead atoms. The Hall–Kier alpha value is -5.21. The number of nitrogens with zero attached hydrogens (tertiary/aromatic N) is 2. The summed E-state index contributed by atoms with van der Waals surface area (Å²) in [5, 5.41) is 20.3. The van der Waals surface area contributed by atoms with E-state index in [2.05, 4.69) is 5.92 Å². The van der Waals surface area contributed by atoms with Gasteiger partial charge >= 0.3 is 41.8 Å². The molecule has 0 aliphatic carbocycles. The van der Waals surface area contributed by atoms with Crippen molar-refractivity contribution < 1.29 is 72.2 Å². The molecule has 260 valence electrons. The summed E-state index contributed by atoms with van der Waals surface area (Å²) in [6, 6.07) is 5.53. The zero-order chi connectivity index (χ0) is 35.8. The third-order valence-corrected chi connectivity index (χ3v) is 7.41. The normalized spacial score (nSPS) is 22.3. The van der Waals surface area contributed by atoms with Crippen LogP contribution in [0.3, 0.4) is 0 Å². The smallest absolute Gasteiger partial charge is 0.348 e. The molecule has 3 rings (SSSR count). The van der Waals surface area contributed by atoms with Gasteiger partial charge in [-0.15, -0.1) is 6.42 Å². The average molecular weight is 677 g/mol. The highest BCUT2D eigenvalue weighted by atomic mass is 16.8. The van der Waals surface area contributed by atoms with Crippen LogP contribution >= 0.6 is 0 Å². The molecule has 17 nitrogen and oxygen atoms in total. The molecule has 48 heavy (non-hydrogen) atoms. The summed E-state index contributed by atoms with van der Waals surface area (Å²) in [6.07, 6.45) is 0.441. The second-order valence-electron chi connectivity index (χ2n) is 10.9. The topological polar surface area (TPSA) is 222 Å². The summed E-state index contributed by atoms with van der Waals surface area (Å²) >= 11 is 0. The Labute approximate surface area is 274 Å². The molecule has 4 atom stereocenters. The fourth-order valence-electron chi connectivity index (χ4n) is 5.27. The predicted molar refractivity (Wildman–Crippen MR) is 159 cm³/mol. The third kappa shape index (κ3) is 8.38. The van der Waals surface area contributed by atoms with Gasteiger partial charge in [-0.3, -0.25) is 24.1 Å². The number of hydrogen-bond acceptors (Lipinski definition) is 13. The van der Waals surface area contributed by atoms with E-state index in [1.165, 1.54) is 41.0 Å². The number of carboxylic acid groups (broad SMARTS) is 2. The molecule has 1 unspecified atom stereocenters. The van der Waals surface area contributed by atoms with E-state index in [0.29, 0.717) is 25.2 Å². The highest BCUT2D eigenvalue weighted by molar-refractivity contribution is 6.02. The summed E-state index contributed by atoms with van der Waals surface area (Å²) in [4.78, 5) is 87.9. The number of esters is 4. The lowest BCUT2D eigenvalue weighted by Gasteiger charge is -2.35. The number of terminal acetylenes is 1. The molecular weight excluding hydrogens is 640 g/mol. The minimum atomic E-state index is -2.95. The Morgan fingerprint density at radius 3 is 2.10 bits per heavy atom. The van der Waals surface area contributed by atoms with Crippen LogP contribution in [0.5, 0.6) is 0 Å². The van der Waals surface area contributed by atoms with E-state index in [4.69, 9.17) is 34.8 Å². The van der Waals surface area contributed by atoms with Gasteiger partial charge in [-0.25, -0.2) is 14.4 Å². The Morgan fingerprint density at radius 2 is 1.58 bits per heavy atom. The van der Waals surface area contributed by atoms with Crippen molar-refractivity contribution in [3.05, 3.63) is 29.8 Å². The van der Waals surface area contributed by atoms with E-state index in [9.17, 15) is 43.8 Å². The van der Waals surface area contributed by atoms with Crippen LogP contribution in [0.2, 0.25) is 0 Å². The first-order chi connectivity index (χ1) is 22.6. The molecule has 17 heteroatoms. The molecule has 0 saturated carbocycles. The Kier molecular flexibility index (Phi) is 12.1. The highest BCUT2D eigenvalue weighted by Crippen LogP contribution is 2.39. The molecule has 2 saturated heterocycles. The molecule has 0 aromatic heterocycles. The number of hydrogen-bond donors (Lipinski definition) is 2. The highest BCUT2D eigenvalue weighted by Gasteiger charge is 2.63. The van der Waals surface area contributed by atoms with E-state index >= 15 is 0 Å². The first-order valence-corrected chi connectivity index (χ1v) is 14.6. The second kappa shape index (κ2) is 15.6. The van der Waals surface area contributed by atoms with Crippen molar-refractivity contribution in [2.45, 2.75) is 70.2 Å². The zero-order valence-electron chi connectivity index (χ0n) is 26.7. The molecule has 2 fully saturated rings. The molecule has 2 amide bonds. The van der Waals surface area contributed by atoms with Crippen LogP contribution in [0.15, 0.2) is 24.3 Å². The van der Waals surface area contributed by atoms with Gasteiger partial charge in [0.25, 0.3) is 5.60 Å². The summed E-state index contributed by atoms with van der Waals surface area (Å²) in [5.41, 5.74) is -4.64. The van der Waals surface area contributed by atoms with Gasteiger partial charge in [0.2, 0.25) is 18.0 Å². The molecule has 2 heterocycles. The van der Waals surface area contributed by atoms with Crippen molar-refractivity contribution in [2.75, 3.05) is 37.7 Å². The fraction of sp³-hybridized carbons (Fsp3) is 0.516. The van der Waals surface area contributed by atoms with Crippen molar-refractivity contribution in [1.82, 2.24) is 4.90 Å². The summed E-state index contributed by atoms with van der Waals surface area (Å²) in [5.74, 6) is -4.93. The van der Waals surface area contributed by atoms with Crippen LogP contribution in [0, 0.1) is 12.3 Å². The van der Waals surface area contributed by atoms with Gasteiger partial charge in [0.15, 0.2) is 0 Å². The lowest BCUT2D eigenvalue weighted by atomic mass is 9.91. The van der Waals surface area contributed by atoms with E-state index in [-0.39, 0.29) is 24.7 Å². The predicted octanol–water partition coefficient (Wildman–Crippen LogP) is 0.504. The van der Waals surface area contributed by atoms with Gasteiger partial charge in [0.05, 0.1) is 13.2 Å². The minimum Gasteiger partial charge on any atom is -0.479 e. The van der Waals surface area contributed by atoms with E-state index in [1.54, 1.807) is 0 Å². The van der Waals surface area contributed by atoms with Gasteiger partial charge in [-0.05, 0) is 24.1 Å². The van der Waals surface area contributed by atoms with E-state index in [0.717, 1.165) is 20.8 Å². The number of ether oxygens (including phenoxy) is 6. The first kappa shape index (κ1) is 37.2. The number of amides is 2. The number of urea groups is 1. The monoisotopic (exact) mass is 676 g/mol. The van der Waals surface area contributed by atoms with Crippen LogP contribution in [0.25, 0.3) is 0 Å². The lowest BCUT2D eigenvalue weighted by molar-refractivity contribution is -0.203. The largest absolute Gasteiger partial charge is 0.479 e. The van der Waals surface area contributed by atoms with Gasteiger partial charge in [0.1, 0.15) is 12.7 Å². The zero-order valence-corrected chi connectivity index (χ0v) is 26.7. The number of carbonyl (C=O) groups excluding carboxylic acids is 5. The van der Waals surface area contributed by atoms with Gasteiger partial charge in [0, 0.05) is 52.9 Å². The van der Waals surface area contributed by atoms with Gasteiger partial charge in [-0.1, -0.05) is 18.1 Å². The summed E-state index contributed by atoms with van der Waals surface area (Å²) < 4.78 is 31.6. The maximum Gasteiger partial charge on any atom is 0.348 e.